The van der Waals surface area contributed by atoms with E-state index in [9.17, 15) is 4.79 Å². The van der Waals surface area contributed by atoms with Gasteiger partial charge in [-0.05, 0) is 19.3 Å². The predicted octanol–water partition coefficient (Wildman–Crippen LogP) is 3.16. The Balaban J connectivity index is 2.11. The third-order valence-electron chi connectivity index (χ3n) is 3.62. The van der Waals surface area contributed by atoms with E-state index in [0.717, 1.165) is 24.4 Å². The lowest BCUT2D eigenvalue weighted by atomic mass is 10.1. The Morgan fingerprint density at radius 2 is 2.29 bits per heavy atom. The van der Waals surface area contributed by atoms with Crippen molar-refractivity contribution in [3.8, 4) is 5.75 Å². The van der Waals surface area contributed by atoms with Crippen LogP contribution in [-0.2, 0) is 4.74 Å². The van der Waals surface area contributed by atoms with Crippen LogP contribution in [-0.4, -0.2) is 32.1 Å². The normalized spacial score (nSPS) is 18.8. The van der Waals surface area contributed by atoms with Crippen LogP contribution < -0.4 is 15.8 Å². The Hall–Kier alpha value is -1.27. The van der Waals surface area contributed by atoms with Crippen molar-refractivity contribution >= 4 is 27.8 Å². The molecule has 1 aliphatic heterocycles. The molecule has 1 saturated heterocycles. The quantitative estimate of drug-likeness (QED) is 0.789. The number of nitrogen functional groups attached to an aromatic ring is 1. The van der Waals surface area contributed by atoms with Crippen LogP contribution in [0.25, 0.3) is 0 Å². The van der Waals surface area contributed by atoms with E-state index in [1.165, 1.54) is 17.8 Å². The molecule has 0 radical (unpaired) electrons. The highest BCUT2D eigenvalue weighted by molar-refractivity contribution is 7.19. The SMILES string of the molecule is COc1c(NCC2CCCCO2)sc(C(=O)C(C)C)c1N. The van der Waals surface area contributed by atoms with Crippen molar-refractivity contribution in [2.75, 3.05) is 31.3 Å². The Labute approximate surface area is 129 Å². The molecule has 2 heterocycles. The molecule has 118 valence electrons. The first kappa shape index (κ1) is 16.1. The molecule has 2 rings (SSSR count). The molecule has 0 saturated carbocycles. The molecule has 0 aromatic carbocycles. The zero-order valence-electron chi connectivity index (χ0n) is 12.9. The van der Waals surface area contributed by atoms with Gasteiger partial charge >= 0.3 is 0 Å². The highest BCUT2D eigenvalue weighted by Crippen LogP contribution is 2.43. The Morgan fingerprint density at radius 3 is 2.86 bits per heavy atom. The third-order valence-corrected chi connectivity index (χ3v) is 4.78. The second-order valence-corrected chi connectivity index (χ2v) is 6.62. The van der Waals surface area contributed by atoms with E-state index in [4.69, 9.17) is 15.2 Å². The summed E-state index contributed by atoms with van der Waals surface area (Å²) in [4.78, 5) is 12.8. The van der Waals surface area contributed by atoms with Crippen LogP contribution in [0.5, 0.6) is 5.75 Å². The van der Waals surface area contributed by atoms with Crippen molar-refractivity contribution in [3.63, 3.8) is 0 Å². The molecule has 3 N–H and O–H groups in total. The molecular weight excluding hydrogens is 288 g/mol. The molecule has 0 bridgehead atoms. The van der Waals surface area contributed by atoms with Gasteiger partial charge in [0.2, 0.25) is 0 Å². The summed E-state index contributed by atoms with van der Waals surface area (Å²) in [7, 11) is 1.57. The molecule has 5 nitrogen and oxygen atoms in total. The minimum atomic E-state index is -0.0785. The molecule has 1 atom stereocenters. The second kappa shape index (κ2) is 7.13. The average Bonchev–Trinajstić information content (AvgIpc) is 2.81. The summed E-state index contributed by atoms with van der Waals surface area (Å²) < 4.78 is 11.1. The standard InChI is InChI=1S/C15H24N2O3S/c1-9(2)12(18)14-11(16)13(19-3)15(21-14)17-8-10-6-4-5-7-20-10/h9-10,17H,4-8,16H2,1-3H3. The van der Waals surface area contributed by atoms with Gasteiger partial charge in [0, 0.05) is 19.1 Å². The maximum Gasteiger partial charge on any atom is 0.177 e. The van der Waals surface area contributed by atoms with Gasteiger partial charge in [0.05, 0.1) is 23.8 Å². The van der Waals surface area contributed by atoms with Crippen LogP contribution in [0.2, 0.25) is 0 Å². The predicted molar refractivity (Wildman–Crippen MR) is 86.5 cm³/mol. The topological polar surface area (TPSA) is 73.6 Å². The van der Waals surface area contributed by atoms with E-state index >= 15 is 0 Å². The highest BCUT2D eigenvalue weighted by atomic mass is 32.1. The van der Waals surface area contributed by atoms with Gasteiger partial charge in [-0.2, -0.15) is 0 Å². The number of carbonyl (C=O) groups is 1. The van der Waals surface area contributed by atoms with Crippen LogP contribution >= 0.6 is 11.3 Å². The molecular formula is C15H24N2O3S. The first-order valence-corrected chi connectivity index (χ1v) is 8.22. The monoisotopic (exact) mass is 312 g/mol. The maximum atomic E-state index is 12.2. The van der Waals surface area contributed by atoms with E-state index < -0.39 is 0 Å². The number of ketones is 1. The number of nitrogens with two attached hydrogens (primary N) is 1. The van der Waals surface area contributed by atoms with Gasteiger partial charge in [0.1, 0.15) is 5.00 Å². The molecule has 1 aliphatic rings. The summed E-state index contributed by atoms with van der Waals surface area (Å²) in [5, 5.41) is 4.14. The van der Waals surface area contributed by atoms with Crippen LogP contribution in [0.1, 0.15) is 42.8 Å². The first-order valence-electron chi connectivity index (χ1n) is 7.40. The van der Waals surface area contributed by atoms with Crippen LogP contribution in [0.15, 0.2) is 0 Å². The summed E-state index contributed by atoms with van der Waals surface area (Å²) in [6, 6.07) is 0. The summed E-state index contributed by atoms with van der Waals surface area (Å²) in [5.41, 5.74) is 6.49. The number of ether oxygens (including phenoxy) is 2. The molecule has 21 heavy (non-hydrogen) atoms. The van der Waals surface area contributed by atoms with E-state index in [-0.39, 0.29) is 17.8 Å². The second-order valence-electron chi connectivity index (χ2n) is 5.60. The van der Waals surface area contributed by atoms with Crippen molar-refractivity contribution in [3.05, 3.63) is 4.88 Å². The lowest BCUT2D eigenvalue weighted by molar-refractivity contribution is 0.0248. The van der Waals surface area contributed by atoms with Gasteiger partial charge in [-0.15, -0.1) is 11.3 Å². The number of Topliss-reactive ketones (excluding diaryl/α,β-unsaturated/α-hetero) is 1. The fraction of sp³-hybridized carbons (Fsp3) is 0.667. The van der Waals surface area contributed by atoms with Crippen molar-refractivity contribution in [1.82, 2.24) is 0 Å². The van der Waals surface area contributed by atoms with Crippen molar-refractivity contribution in [2.24, 2.45) is 5.92 Å². The lowest BCUT2D eigenvalue weighted by Crippen LogP contribution is -2.26. The number of carbonyl (C=O) groups excluding carboxylic acids is 1. The Bertz CT molecular complexity index is 493. The van der Waals surface area contributed by atoms with Crippen molar-refractivity contribution in [2.45, 2.75) is 39.2 Å². The Morgan fingerprint density at radius 1 is 1.52 bits per heavy atom. The van der Waals surface area contributed by atoms with Gasteiger partial charge in [0.15, 0.2) is 11.5 Å². The number of nitrogens with one attached hydrogen (secondary N) is 1. The zero-order valence-corrected chi connectivity index (χ0v) is 13.7. The van der Waals surface area contributed by atoms with Crippen LogP contribution in [0.3, 0.4) is 0 Å². The minimum absolute atomic E-state index is 0.0535. The molecule has 1 aromatic heterocycles. The summed E-state index contributed by atoms with van der Waals surface area (Å²) in [5.74, 6) is 0.544. The highest BCUT2D eigenvalue weighted by Gasteiger charge is 2.24. The van der Waals surface area contributed by atoms with Gasteiger partial charge in [-0.3, -0.25) is 4.79 Å². The third kappa shape index (κ3) is 3.68. The van der Waals surface area contributed by atoms with Crippen LogP contribution in [0, 0.1) is 5.92 Å². The van der Waals surface area contributed by atoms with Gasteiger partial charge < -0.3 is 20.5 Å². The fourth-order valence-electron chi connectivity index (χ4n) is 2.37. The summed E-state index contributed by atoms with van der Waals surface area (Å²) in [6.07, 6.45) is 3.62. The fourth-order valence-corrected chi connectivity index (χ4v) is 3.55. The molecule has 1 unspecified atom stereocenters. The van der Waals surface area contributed by atoms with Gasteiger partial charge in [-0.1, -0.05) is 13.8 Å². The first-order chi connectivity index (χ1) is 10.0. The number of rotatable bonds is 6. The Kier molecular flexibility index (Phi) is 5.47. The summed E-state index contributed by atoms with van der Waals surface area (Å²) in [6.45, 7) is 5.28. The molecule has 1 aromatic rings. The van der Waals surface area contributed by atoms with E-state index in [2.05, 4.69) is 5.32 Å². The maximum absolute atomic E-state index is 12.2. The van der Waals surface area contributed by atoms with E-state index in [1.807, 2.05) is 13.8 Å². The van der Waals surface area contributed by atoms with Gasteiger partial charge in [-0.25, -0.2) is 0 Å². The average molecular weight is 312 g/mol. The molecule has 6 heteroatoms. The number of anilines is 2. The molecule has 0 spiro atoms. The van der Waals surface area contributed by atoms with E-state index in [0.29, 0.717) is 22.9 Å². The van der Waals surface area contributed by atoms with Crippen LogP contribution in [0.4, 0.5) is 10.7 Å². The van der Waals surface area contributed by atoms with Crippen molar-refractivity contribution in [1.29, 1.82) is 0 Å². The lowest BCUT2D eigenvalue weighted by Gasteiger charge is -2.23. The molecule has 0 amide bonds. The smallest absolute Gasteiger partial charge is 0.177 e. The summed E-state index contributed by atoms with van der Waals surface area (Å²) >= 11 is 1.37. The van der Waals surface area contributed by atoms with Crippen molar-refractivity contribution < 1.29 is 14.3 Å². The minimum Gasteiger partial charge on any atom is -0.492 e. The number of thiophene rings is 1. The van der Waals surface area contributed by atoms with Gasteiger partial charge in [0.25, 0.3) is 0 Å². The number of methoxy groups -OCH3 is 1. The number of hydrogen-bond donors (Lipinski definition) is 2. The van der Waals surface area contributed by atoms with E-state index in [1.54, 1.807) is 7.11 Å². The zero-order chi connectivity index (χ0) is 15.4. The molecule has 1 fully saturated rings. The largest absolute Gasteiger partial charge is 0.492 e. The number of hydrogen-bond acceptors (Lipinski definition) is 6. The molecule has 0 aliphatic carbocycles.